The minimum atomic E-state index is 0.345. The summed E-state index contributed by atoms with van der Waals surface area (Å²) in [7, 11) is 0. The molecule has 19 heavy (non-hydrogen) atoms. The summed E-state index contributed by atoms with van der Waals surface area (Å²) in [6.07, 6.45) is 4.96. The lowest BCUT2D eigenvalue weighted by Gasteiger charge is -2.21. The van der Waals surface area contributed by atoms with Crippen molar-refractivity contribution in [3.8, 4) is 5.75 Å². The van der Waals surface area contributed by atoms with Gasteiger partial charge in [0.05, 0.1) is 0 Å². The van der Waals surface area contributed by atoms with Crippen molar-refractivity contribution in [1.82, 2.24) is 4.90 Å². The Balaban J connectivity index is 1.92. The van der Waals surface area contributed by atoms with E-state index in [0.29, 0.717) is 11.8 Å². The number of phenolic OH excluding ortho intramolecular Hbond substituents is 1. The maximum absolute atomic E-state index is 9.45. The number of nitrogens with zero attached hydrogens (tertiary/aromatic N) is 1. The molecule has 1 aliphatic rings. The lowest BCUT2D eigenvalue weighted by Crippen LogP contribution is -2.27. The fourth-order valence-electron chi connectivity index (χ4n) is 2.87. The van der Waals surface area contributed by atoms with Crippen LogP contribution in [0.1, 0.15) is 38.2 Å². The van der Waals surface area contributed by atoms with Crippen molar-refractivity contribution in [2.45, 2.75) is 45.6 Å². The van der Waals surface area contributed by atoms with E-state index >= 15 is 0 Å². The Morgan fingerprint density at radius 1 is 1.32 bits per heavy atom. The first-order valence-electron chi connectivity index (χ1n) is 7.47. The van der Waals surface area contributed by atoms with Crippen molar-refractivity contribution in [2.24, 2.45) is 0 Å². The summed E-state index contributed by atoms with van der Waals surface area (Å²) in [6, 6.07) is 6.13. The first kappa shape index (κ1) is 14.2. The van der Waals surface area contributed by atoms with Crippen LogP contribution in [0.2, 0.25) is 0 Å². The van der Waals surface area contributed by atoms with E-state index in [-0.39, 0.29) is 0 Å². The molecule has 0 aromatic heterocycles. The largest absolute Gasteiger partial charge is 0.508 e. The van der Waals surface area contributed by atoms with E-state index in [1.807, 2.05) is 19.1 Å². The topological polar surface area (TPSA) is 35.5 Å². The summed E-state index contributed by atoms with van der Waals surface area (Å²) in [5.41, 5.74) is 2.28. The van der Waals surface area contributed by atoms with Gasteiger partial charge in [0.2, 0.25) is 0 Å². The van der Waals surface area contributed by atoms with E-state index in [1.54, 1.807) is 6.07 Å². The van der Waals surface area contributed by atoms with Crippen LogP contribution in [0.3, 0.4) is 0 Å². The number of aryl methyl sites for hydroxylation is 1. The number of aromatic hydroxyl groups is 1. The van der Waals surface area contributed by atoms with Gasteiger partial charge in [-0.25, -0.2) is 0 Å². The Kier molecular flexibility index (Phi) is 5.08. The number of likely N-dealkylation sites (tertiary alicyclic amines) is 1. The summed E-state index contributed by atoms with van der Waals surface area (Å²) in [5.74, 6) is 0.345. The molecule has 1 unspecified atom stereocenters. The quantitative estimate of drug-likeness (QED) is 0.817. The highest BCUT2D eigenvalue weighted by Crippen LogP contribution is 2.23. The molecule has 0 saturated carbocycles. The second-order valence-electron chi connectivity index (χ2n) is 5.61. The van der Waals surface area contributed by atoms with Crippen LogP contribution >= 0.6 is 0 Å². The Bertz CT molecular complexity index is 406. The number of hydrogen-bond acceptors (Lipinski definition) is 3. The normalized spacial score (nSPS) is 21.1. The van der Waals surface area contributed by atoms with Crippen LogP contribution in [0.25, 0.3) is 0 Å². The predicted octanol–water partition coefficient (Wildman–Crippen LogP) is 3.38. The van der Waals surface area contributed by atoms with Crippen LogP contribution in [0, 0.1) is 6.92 Å². The van der Waals surface area contributed by atoms with Crippen molar-refractivity contribution >= 4 is 5.69 Å². The number of phenols is 1. The maximum atomic E-state index is 9.45. The van der Waals surface area contributed by atoms with Crippen LogP contribution in [-0.2, 0) is 0 Å². The number of hydrogen-bond donors (Lipinski definition) is 2. The lowest BCUT2D eigenvalue weighted by atomic mass is 10.1. The van der Waals surface area contributed by atoms with Gasteiger partial charge >= 0.3 is 0 Å². The van der Waals surface area contributed by atoms with Gasteiger partial charge in [0, 0.05) is 18.3 Å². The van der Waals surface area contributed by atoms with E-state index in [9.17, 15) is 5.11 Å². The van der Waals surface area contributed by atoms with Crippen molar-refractivity contribution in [3.63, 3.8) is 0 Å². The van der Waals surface area contributed by atoms with Crippen molar-refractivity contribution in [2.75, 3.05) is 25.0 Å². The standard InChI is InChI=1S/C16H26N2O/c1-3-9-18-10-4-5-14(8-11-18)17-16-7-6-15(19)12-13(16)2/h6-7,12,14,17,19H,3-5,8-11H2,1-2H3. The van der Waals surface area contributed by atoms with Gasteiger partial charge in [-0.3, -0.25) is 0 Å². The molecule has 0 aliphatic carbocycles. The molecule has 0 amide bonds. The molecule has 3 heteroatoms. The monoisotopic (exact) mass is 262 g/mol. The highest BCUT2D eigenvalue weighted by atomic mass is 16.3. The average molecular weight is 262 g/mol. The average Bonchev–Trinajstić information content (AvgIpc) is 2.59. The second-order valence-corrected chi connectivity index (χ2v) is 5.61. The molecular weight excluding hydrogens is 236 g/mol. The first-order valence-corrected chi connectivity index (χ1v) is 7.47. The van der Waals surface area contributed by atoms with Crippen molar-refractivity contribution < 1.29 is 5.11 Å². The molecule has 0 spiro atoms. The van der Waals surface area contributed by atoms with E-state index in [4.69, 9.17) is 0 Å². The Morgan fingerprint density at radius 3 is 2.89 bits per heavy atom. The van der Waals surface area contributed by atoms with Gasteiger partial charge in [-0.2, -0.15) is 0 Å². The minimum Gasteiger partial charge on any atom is -0.508 e. The second kappa shape index (κ2) is 6.80. The summed E-state index contributed by atoms with van der Waals surface area (Å²) < 4.78 is 0. The molecule has 1 aromatic carbocycles. The predicted molar refractivity (Wildman–Crippen MR) is 80.8 cm³/mol. The molecule has 2 rings (SSSR count). The summed E-state index contributed by atoms with van der Waals surface area (Å²) >= 11 is 0. The van der Waals surface area contributed by atoms with E-state index in [1.165, 1.54) is 45.3 Å². The van der Waals surface area contributed by atoms with Gasteiger partial charge in [0.15, 0.2) is 0 Å². The number of rotatable bonds is 4. The third-order valence-electron chi connectivity index (χ3n) is 3.93. The smallest absolute Gasteiger partial charge is 0.115 e. The fourth-order valence-corrected chi connectivity index (χ4v) is 2.87. The Labute approximate surface area is 116 Å². The molecule has 1 heterocycles. The zero-order chi connectivity index (χ0) is 13.7. The number of anilines is 1. The first-order chi connectivity index (χ1) is 9.19. The van der Waals surface area contributed by atoms with E-state index < -0.39 is 0 Å². The molecule has 2 N–H and O–H groups in total. The van der Waals surface area contributed by atoms with E-state index in [0.717, 1.165) is 11.3 Å². The molecule has 1 saturated heterocycles. The molecule has 1 atom stereocenters. The summed E-state index contributed by atoms with van der Waals surface area (Å²) in [6.45, 7) is 7.96. The third-order valence-corrected chi connectivity index (χ3v) is 3.93. The minimum absolute atomic E-state index is 0.345. The van der Waals surface area contributed by atoms with Crippen LogP contribution in [0.5, 0.6) is 5.75 Å². The molecule has 1 aromatic rings. The summed E-state index contributed by atoms with van der Waals surface area (Å²) in [4.78, 5) is 2.57. The fraction of sp³-hybridized carbons (Fsp3) is 0.625. The van der Waals surface area contributed by atoms with Gasteiger partial charge in [0.1, 0.15) is 5.75 Å². The molecule has 1 fully saturated rings. The Hall–Kier alpha value is -1.22. The van der Waals surface area contributed by atoms with Gasteiger partial charge in [-0.15, -0.1) is 0 Å². The molecule has 106 valence electrons. The highest BCUT2D eigenvalue weighted by molar-refractivity contribution is 5.53. The zero-order valence-electron chi connectivity index (χ0n) is 12.2. The van der Waals surface area contributed by atoms with Crippen molar-refractivity contribution in [1.29, 1.82) is 0 Å². The molecule has 0 bridgehead atoms. The highest BCUT2D eigenvalue weighted by Gasteiger charge is 2.16. The molecular formula is C16H26N2O. The molecule has 0 radical (unpaired) electrons. The number of benzene rings is 1. The van der Waals surface area contributed by atoms with Crippen LogP contribution in [0.15, 0.2) is 18.2 Å². The lowest BCUT2D eigenvalue weighted by molar-refractivity contribution is 0.285. The summed E-state index contributed by atoms with van der Waals surface area (Å²) in [5, 5.41) is 13.1. The van der Waals surface area contributed by atoms with Gasteiger partial charge in [0.25, 0.3) is 0 Å². The Morgan fingerprint density at radius 2 is 2.16 bits per heavy atom. The zero-order valence-corrected chi connectivity index (χ0v) is 12.2. The molecule has 3 nitrogen and oxygen atoms in total. The van der Waals surface area contributed by atoms with Crippen molar-refractivity contribution in [3.05, 3.63) is 23.8 Å². The van der Waals surface area contributed by atoms with Gasteiger partial charge in [-0.1, -0.05) is 6.92 Å². The molecule has 1 aliphatic heterocycles. The SMILES string of the molecule is CCCN1CCCC(Nc2ccc(O)cc2C)CC1. The van der Waals surface area contributed by atoms with Crippen LogP contribution < -0.4 is 5.32 Å². The number of nitrogens with one attached hydrogen (secondary N) is 1. The van der Waals surface area contributed by atoms with Gasteiger partial charge in [-0.05, 0) is 69.5 Å². The maximum Gasteiger partial charge on any atom is 0.115 e. The third kappa shape index (κ3) is 4.13. The van der Waals surface area contributed by atoms with Crippen LogP contribution in [0.4, 0.5) is 5.69 Å². The van der Waals surface area contributed by atoms with Crippen LogP contribution in [-0.4, -0.2) is 35.7 Å². The van der Waals surface area contributed by atoms with Gasteiger partial charge < -0.3 is 15.3 Å². The van der Waals surface area contributed by atoms with E-state index in [2.05, 4.69) is 17.1 Å².